The fraction of sp³-hybridized carbons (Fsp3) is 0.513. The number of fused-ring (bicyclic) bond motifs is 1. The first kappa shape index (κ1) is 36.1. The summed E-state index contributed by atoms with van der Waals surface area (Å²) in [6, 6.07) is 17.3. The molecule has 12 nitrogen and oxygen atoms in total. The molecule has 3 aliphatic rings. The molecule has 4 amide bonds. The van der Waals surface area contributed by atoms with Crippen LogP contribution in [0.15, 0.2) is 73.2 Å². The highest BCUT2D eigenvalue weighted by Crippen LogP contribution is 2.66. The number of aromatic nitrogens is 2. The molecule has 1 spiro atoms. The number of nitrogens with zero attached hydrogens (tertiary/aromatic N) is 3. The minimum absolute atomic E-state index is 0.0187. The van der Waals surface area contributed by atoms with E-state index in [1.54, 1.807) is 37.9 Å². The van der Waals surface area contributed by atoms with E-state index in [2.05, 4.69) is 20.9 Å². The van der Waals surface area contributed by atoms with Crippen LogP contribution in [0.5, 0.6) is 0 Å². The molecule has 1 saturated heterocycles. The molecule has 2 bridgehead atoms. The average Bonchev–Trinajstić information content (AvgIpc) is 3.32. The lowest BCUT2D eigenvalue weighted by molar-refractivity contribution is -0.134. The Labute approximate surface area is 299 Å². The fourth-order valence-corrected chi connectivity index (χ4v) is 7.52. The summed E-state index contributed by atoms with van der Waals surface area (Å²) in [5.41, 5.74) is 0.00536. The lowest BCUT2D eigenvalue weighted by Gasteiger charge is -2.30. The van der Waals surface area contributed by atoms with Crippen LogP contribution >= 0.6 is 0 Å². The molecule has 3 N–H and O–H groups in total. The van der Waals surface area contributed by atoms with Gasteiger partial charge in [0.05, 0.1) is 19.5 Å². The maximum Gasteiger partial charge on any atom is 0.408 e. The zero-order valence-corrected chi connectivity index (χ0v) is 30.2. The van der Waals surface area contributed by atoms with E-state index in [4.69, 9.17) is 9.47 Å². The number of ether oxygens (including phenoxy) is 2. The van der Waals surface area contributed by atoms with E-state index in [0.29, 0.717) is 17.3 Å². The van der Waals surface area contributed by atoms with E-state index >= 15 is 0 Å². The quantitative estimate of drug-likeness (QED) is 0.240. The van der Waals surface area contributed by atoms with Gasteiger partial charge >= 0.3 is 6.09 Å². The van der Waals surface area contributed by atoms with Crippen molar-refractivity contribution in [2.45, 2.75) is 90.1 Å². The number of carbonyl (C=O) groups is 4. The number of hydrogen-bond donors (Lipinski definition) is 3. The van der Waals surface area contributed by atoms with Gasteiger partial charge in [-0.25, -0.2) is 9.78 Å². The van der Waals surface area contributed by atoms with Gasteiger partial charge in [0.25, 0.3) is 5.91 Å². The first-order valence-corrected chi connectivity index (χ1v) is 17.8. The van der Waals surface area contributed by atoms with Crippen molar-refractivity contribution in [2.75, 3.05) is 25.0 Å². The number of alkyl carbamates (subject to hydrolysis) is 1. The van der Waals surface area contributed by atoms with Crippen molar-refractivity contribution in [1.82, 2.24) is 25.1 Å². The van der Waals surface area contributed by atoms with E-state index in [9.17, 15) is 19.2 Å². The number of anilines is 1. The molecule has 4 unspecified atom stereocenters. The van der Waals surface area contributed by atoms with E-state index in [1.807, 2.05) is 65.6 Å². The van der Waals surface area contributed by atoms with Crippen LogP contribution in [0, 0.1) is 17.3 Å². The topological polar surface area (TPSA) is 144 Å². The predicted molar refractivity (Wildman–Crippen MR) is 191 cm³/mol. The summed E-state index contributed by atoms with van der Waals surface area (Å²) < 4.78 is 13.0. The normalized spacial score (nSPS) is 22.2. The van der Waals surface area contributed by atoms with Gasteiger partial charge in [-0.1, -0.05) is 60.7 Å². The van der Waals surface area contributed by atoms with E-state index < -0.39 is 41.1 Å². The number of carbonyl (C=O) groups excluding carboxylic acids is 4. The number of rotatable bonds is 12. The highest BCUT2D eigenvalue weighted by molar-refractivity contribution is 5.98. The van der Waals surface area contributed by atoms with Gasteiger partial charge in [-0.15, -0.1) is 0 Å². The Hall–Kier alpha value is -4.71. The number of nitrogens with one attached hydrogen (secondary N) is 3. The van der Waals surface area contributed by atoms with Crippen LogP contribution in [0.25, 0.3) is 0 Å². The molecule has 12 heteroatoms. The lowest BCUT2D eigenvalue weighted by atomic mass is 10.0. The standard InChI is InChI=1S/C39H50N6O6/c1-37(2,3)51-36(49)43-38(4,5)35(48)41-30(24-50-23-26-12-8-6-9-13-26)33(46)42-31-22-45(25-40-31)32(28-14-10-7-11-15-28)34(47)44-20-27-16-17-39(18-27)19-29(39)21-44/h6-15,22,25,27,29-30,32H,16-21,23-24H2,1-5H3,(H,41,48)(H,42,46)(H,43,49)/t27?,29?,30-,32?,39?/m1/s1. The van der Waals surface area contributed by atoms with Gasteiger partial charge in [0.1, 0.15) is 23.2 Å². The second-order valence-electron chi connectivity index (χ2n) is 15.9. The number of likely N-dealkylation sites (tertiary alicyclic amines) is 1. The minimum atomic E-state index is -1.42. The Kier molecular flexibility index (Phi) is 10.3. The van der Waals surface area contributed by atoms with Crippen LogP contribution in [0.2, 0.25) is 0 Å². The fourth-order valence-electron chi connectivity index (χ4n) is 7.52. The van der Waals surface area contributed by atoms with Crippen LogP contribution in [0.4, 0.5) is 10.6 Å². The molecule has 272 valence electrons. The molecule has 1 aliphatic heterocycles. The number of hydrogen-bond acceptors (Lipinski definition) is 7. The average molecular weight is 699 g/mol. The van der Waals surface area contributed by atoms with Crippen molar-refractivity contribution in [3.63, 3.8) is 0 Å². The maximum atomic E-state index is 14.3. The molecule has 51 heavy (non-hydrogen) atoms. The van der Waals surface area contributed by atoms with E-state index in [1.165, 1.54) is 39.5 Å². The first-order chi connectivity index (χ1) is 24.2. The third-order valence-electron chi connectivity index (χ3n) is 10.2. The number of benzene rings is 2. The molecule has 6 rings (SSSR count). The summed E-state index contributed by atoms with van der Waals surface area (Å²) in [4.78, 5) is 60.5. The van der Waals surface area contributed by atoms with Crippen molar-refractivity contribution in [1.29, 1.82) is 0 Å². The van der Waals surface area contributed by atoms with E-state index in [0.717, 1.165) is 24.2 Å². The van der Waals surface area contributed by atoms with Crippen LogP contribution < -0.4 is 16.0 Å². The van der Waals surface area contributed by atoms with Gasteiger partial charge < -0.3 is 34.9 Å². The first-order valence-electron chi connectivity index (χ1n) is 17.8. The number of imidazole rings is 1. The van der Waals surface area contributed by atoms with Gasteiger partial charge in [-0.05, 0) is 88.7 Å². The van der Waals surface area contributed by atoms with Crippen molar-refractivity contribution < 1.29 is 28.7 Å². The third kappa shape index (κ3) is 8.79. The lowest BCUT2D eigenvalue weighted by Crippen LogP contribution is -2.59. The van der Waals surface area contributed by atoms with Gasteiger partial charge in [0, 0.05) is 19.3 Å². The Bertz CT molecular complexity index is 1710. The van der Waals surface area contributed by atoms with Crippen molar-refractivity contribution in [3.8, 4) is 0 Å². The summed E-state index contributed by atoms with van der Waals surface area (Å²) in [5.74, 6) is 0.170. The Morgan fingerprint density at radius 1 is 0.961 bits per heavy atom. The van der Waals surface area contributed by atoms with Gasteiger partial charge in [0.2, 0.25) is 11.8 Å². The van der Waals surface area contributed by atoms with Crippen molar-refractivity contribution in [2.24, 2.45) is 17.3 Å². The largest absolute Gasteiger partial charge is 0.444 e. The van der Waals surface area contributed by atoms with Crippen molar-refractivity contribution >= 4 is 29.6 Å². The molecule has 3 fully saturated rings. The Morgan fingerprint density at radius 3 is 2.37 bits per heavy atom. The van der Waals surface area contributed by atoms with Crippen LogP contribution in [0.1, 0.15) is 77.5 Å². The minimum Gasteiger partial charge on any atom is -0.444 e. The molecule has 0 radical (unpaired) electrons. The van der Waals surface area contributed by atoms with Gasteiger partial charge in [-0.3, -0.25) is 14.4 Å². The van der Waals surface area contributed by atoms with Crippen LogP contribution in [-0.4, -0.2) is 75.1 Å². The second kappa shape index (κ2) is 14.5. The third-order valence-corrected chi connectivity index (χ3v) is 10.2. The van der Waals surface area contributed by atoms with E-state index in [-0.39, 0.29) is 24.9 Å². The molecular formula is C39H50N6O6. The van der Waals surface area contributed by atoms with Crippen molar-refractivity contribution in [3.05, 3.63) is 84.3 Å². The zero-order valence-electron chi connectivity index (χ0n) is 30.2. The summed E-state index contributed by atoms with van der Waals surface area (Å²) in [6.07, 6.45) is 7.34. The Balaban J connectivity index is 1.17. The molecule has 2 saturated carbocycles. The summed E-state index contributed by atoms with van der Waals surface area (Å²) >= 11 is 0. The molecule has 1 aromatic heterocycles. The summed E-state index contributed by atoms with van der Waals surface area (Å²) in [7, 11) is 0. The predicted octanol–water partition coefficient (Wildman–Crippen LogP) is 5.06. The van der Waals surface area contributed by atoms with Gasteiger partial charge in [-0.2, -0.15) is 0 Å². The number of amides is 4. The highest BCUT2D eigenvalue weighted by atomic mass is 16.6. The van der Waals surface area contributed by atoms with Crippen LogP contribution in [-0.2, 0) is 30.5 Å². The SMILES string of the molecule is CC(C)(C)OC(=O)NC(C)(C)C(=O)N[C@H](COCc1ccccc1)C(=O)Nc1cn(C(C(=O)N2CC3CCC4(C3)CC4C2)c2ccccc2)cn1. The summed E-state index contributed by atoms with van der Waals surface area (Å²) in [5, 5.41) is 8.12. The molecule has 2 aliphatic carbocycles. The van der Waals surface area contributed by atoms with Gasteiger partial charge in [0.15, 0.2) is 5.82 Å². The molecule has 5 atom stereocenters. The molecule has 2 aromatic carbocycles. The monoisotopic (exact) mass is 698 g/mol. The molecular weight excluding hydrogens is 648 g/mol. The second-order valence-corrected chi connectivity index (χ2v) is 15.9. The summed E-state index contributed by atoms with van der Waals surface area (Å²) in [6.45, 7) is 9.83. The smallest absolute Gasteiger partial charge is 0.408 e. The zero-order chi connectivity index (χ0) is 36.4. The molecule has 3 aromatic rings. The van der Waals surface area contributed by atoms with Crippen LogP contribution in [0.3, 0.4) is 0 Å². The molecule has 2 heterocycles. The maximum absolute atomic E-state index is 14.3. The Morgan fingerprint density at radius 2 is 1.67 bits per heavy atom. The highest BCUT2D eigenvalue weighted by Gasteiger charge is 2.60.